The van der Waals surface area contributed by atoms with Crippen LogP contribution in [0.5, 0.6) is 0 Å². The van der Waals surface area contributed by atoms with Crippen molar-refractivity contribution in [2.45, 2.75) is 46.0 Å². The van der Waals surface area contributed by atoms with E-state index >= 15 is 0 Å². The number of pyridine rings is 1. The van der Waals surface area contributed by atoms with E-state index in [2.05, 4.69) is 23.7 Å². The molecule has 3 nitrogen and oxygen atoms in total. The number of hydrogen-bond donors (Lipinski definition) is 0. The van der Waals surface area contributed by atoms with Gasteiger partial charge in [0.25, 0.3) is 0 Å². The average Bonchev–Trinajstić information content (AvgIpc) is 2.87. The molecule has 0 aliphatic carbocycles. The monoisotopic (exact) mass is 274 g/mol. The molecule has 110 valence electrons. The van der Waals surface area contributed by atoms with Gasteiger partial charge in [-0.1, -0.05) is 19.9 Å². The third-order valence-electron chi connectivity index (χ3n) is 3.99. The van der Waals surface area contributed by atoms with E-state index in [1.54, 1.807) is 0 Å². The fraction of sp³-hybridized carbons (Fsp3) is 0.647. The van der Waals surface area contributed by atoms with Crippen LogP contribution in [0.3, 0.4) is 0 Å². The molecule has 1 aliphatic heterocycles. The molecular weight excluding hydrogens is 248 g/mol. The lowest BCUT2D eigenvalue weighted by Gasteiger charge is -2.17. The molecule has 0 saturated carbocycles. The van der Waals surface area contributed by atoms with Crippen molar-refractivity contribution in [3.8, 4) is 0 Å². The van der Waals surface area contributed by atoms with Crippen molar-refractivity contribution >= 4 is 5.91 Å². The number of rotatable bonds is 6. The maximum absolute atomic E-state index is 12.2. The first-order chi connectivity index (χ1) is 9.65. The molecule has 0 radical (unpaired) electrons. The van der Waals surface area contributed by atoms with Crippen molar-refractivity contribution in [1.82, 2.24) is 9.88 Å². The number of carbonyl (C=O) groups excluding carboxylic acids is 1. The van der Waals surface area contributed by atoms with Crippen LogP contribution in [0, 0.1) is 11.8 Å². The molecule has 0 N–H and O–H groups in total. The highest BCUT2D eigenvalue weighted by atomic mass is 16.2. The molecule has 0 aromatic carbocycles. The predicted octanol–water partition coefficient (Wildman–Crippen LogP) is 3.30. The van der Waals surface area contributed by atoms with Crippen LogP contribution in [-0.4, -0.2) is 28.9 Å². The van der Waals surface area contributed by atoms with E-state index in [9.17, 15) is 4.79 Å². The topological polar surface area (TPSA) is 33.2 Å². The van der Waals surface area contributed by atoms with E-state index in [-0.39, 0.29) is 0 Å². The van der Waals surface area contributed by atoms with Gasteiger partial charge in [0, 0.05) is 31.4 Å². The third-order valence-corrected chi connectivity index (χ3v) is 3.99. The van der Waals surface area contributed by atoms with Crippen LogP contribution < -0.4 is 0 Å². The molecule has 0 spiro atoms. The molecule has 1 atom stereocenters. The van der Waals surface area contributed by atoms with Crippen molar-refractivity contribution < 1.29 is 4.79 Å². The smallest absolute Gasteiger partial charge is 0.222 e. The van der Waals surface area contributed by atoms with Crippen LogP contribution in [0.25, 0.3) is 0 Å². The quantitative estimate of drug-likeness (QED) is 0.797. The number of amides is 1. The van der Waals surface area contributed by atoms with Crippen LogP contribution in [0.1, 0.15) is 45.2 Å². The van der Waals surface area contributed by atoms with Gasteiger partial charge in [-0.2, -0.15) is 0 Å². The fourth-order valence-corrected chi connectivity index (χ4v) is 3.04. The second-order valence-corrected chi connectivity index (χ2v) is 6.30. The van der Waals surface area contributed by atoms with Crippen molar-refractivity contribution in [1.29, 1.82) is 0 Å². The molecule has 1 saturated heterocycles. The molecule has 1 aliphatic rings. The number of hydrogen-bond acceptors (Lipinski definition) is 2. The Morgan fingerprint density at radius 2 is 2.30 bits per heavy atom. The average molecular weight is 274 g/mol. The maximum Gasteiger partial charge on any atom is 0.222 e. The third kappa shape index (κ3) is 4.62. The van der Waals surface area contributed by atoms with Gasteiger partial charge in [-0.05, 0) is 49.7 Å². The predicted molar refractivity (Wildman–Crippen MR) is 81.3 cm³/mol. The van der Waals surface area contributed by atoms with Gasteiger partial charge in [-0.25, -0.2) is 0 Å². The molecule has 1 unspecified atom stereocenters. The van der Waals surface area contributed by atoms with Gasteiger partial charge in [0.1, 0.15) is 0 Å². The van der Waals surface area contributed by atoms with Gasteiger partial charge in [0.15, 0.2) is 0 Å². The highest BCUT2D eigenvalue weighted by Crippen LogP contribution is 2.23. The first-order valence-electron chi connectivity index (χ1n) is 7.83. The minimum atomic E-state index is 0.326. The van der Waals surface area contributed by atoms with E-state index in [0.29, 0.717) is 12.3 Å². The van der Waals surface area contributed by atoms with Crippen molar-refractivity contribution in [3.63, 3.8) is 0 Å². The minimum absolute atomic E-state index is 0.326. The van der Waals surface area contributed by atoms with Crippen molar-refractivity contribution in [3.05, 3.63) is 30.1 Å². The first kappa shape index (κ1) is 15.0. The summed E-state index contributed by atoms with van der Waals surface area (Å²) in [6.45, 7) is 6.45. The minimum Gasteiger partial charge on any atom is -0.342 e. The summed E-state index contributed by atoms with van der Waals surface area (Å²) < 4.78 is 0. The highest BCUT2D eigenvalue weighted by Gasteiger charge is 2.26. The molecular formula is C17H26N2O. The summed E-state index contributed by atoms with van der Waals surface area (Å²) in [7, 11) is 0. The van der Waals surface area contributed by atoms with Crippen LogP contribution in [-0.2, 0) is 11.2 Å². The second kappa shape index (κ2) is 7.41. The van der Waals surface area contributed by atoms with Gasteiger partial charge in [0.2, 0.25) is 5.91 Å². The zero-order chi connectivity index (χ0) is 14.4. The number of likely N-dealkylation sites (tertiary alicyclic amines) is 1. The van der Waals surface area contributed by atoms with Gasteiger partial charge in [-0.15, -0.1) is 0 Å². The number of carbonyl (C=O) groups is 1. The lowest BCUT2D eigenvalue weighted by molar-refractivity contribution is -0.130. The standard InChI is InChI=1S/C17H26N2O/c1-14(2)12-15-9-11-19(13-15)17(20)8-5-7-16-6-3-4-10-18-16/h3-4,6,10,14-15H,5,7-9,11-13H2,1-2H3. The lowest BCUT2D eigenvalue weighted by atomic mass is 9.97. The summed E-state index contributed by atoms with van der Waals surface area (Å²) in [5.41, 5.74) is 1.08. The Hall–Kier alpha value is -1.38. The van der Waals surface area contributed by atoms with Crippen LogP contribution >= 0.6 is 0 Å². The lowest BCUT2D eigenvalue weighted by Crippen LogP contribution is -2.28. The molecule has 3 heteroatoms. The van der Waals surface area contributed by atoms with E-state index in [0.717, 1.165) is 43.5 Å². The number of nitrogens with zero attached hydrogens (tertiary/aromatic N) is 2. The number of aromatic nitrogens is 1. The van der Waals surface area contributed by atoms with Crippen molar-refractivity contribution in [2.24, 2.45) is 11.8 Å². The first-order valence-corrected chi connectivity index (χ1v) is 7.83. The molecule has 0 bridgehead atoms. The Morgan fingerprint density at radius 3 is 3.00 bits per heavy atom. The molecule has 2 heterocycles. The molecule has 2 rings (SSSR count). The molecule has 1 fully saturated rings. The zero-order valence-corrected chi connectivity index (χ0v) is 12.7. The summed E-state index contributed by atoms with van der Waals surface area (Å²) in [5, 5.41) is 0. The molecule has 1 amide bonds. The van der Waals surface area contributed by atoms with Gasteiger partial charge >= 0.3 is 0 Å². The Kier molecular flexibility index (Phi) is 5.57. The van der Waals surface area contributed by atoms with Crippen LogP contribution in [0.4, 0.5) is 0 Å². The molecule has 1 aromatic heterocycles. The number of aryl methyl sites for hydroxylation is 1. The Bertz CT molecular complexity index is 416. The summed E-state index contributed by atoms with van der Waals surface area (Å²) in [5.74, 6) is 1.78. The zero-order valence-electron chi connectivity index (χ0n) is 12.7. The highest BCUT2D eigenvalue weighted by molar-refractivity contribution is 5.76. The molecule has 20 heavy (non-hydrogen) atoms. The van der Waals surface area contributed by atoms with Crippen LogP contribution in [0.2, 0.25) is 0 Å². The Balaban J connectivity index is 1.68. The summed E-state index contributed by atoms with van der Waals surface area (Å²) in [6.07, 6.45) is 6.71. The van der Waals surface area contributed by atoms with Crippen molar-refractivity contribution in [2.75, 3.05) is 13.1 Å². The Morgan fingerprint density at radius 1 is 1.45 bits per heavy atom. The van der Waals surface area contributed by atoms with E-state index in [4.69, 9.17) is 0 Å². The summed E-state index contributed by atoms with van der Waals surface area (Å²) in [4.78, 5) is 18.5. The van der Waals surface area contributed by atoms with Gasteiger partial charge in [-0.3, -0.25) is 9.78 Å². The SMILES string of the molecule is CC(C)CC1CCN(C(=O)CCCc2ccccn2)C1. The fourth-order valence-electron chi connectivity index (χ4n) is 3.04. The normalized spacial score (nSPS) is 18.8. The van der Waals surface area contributed by atoms with Crippen LogP contribution in [0.15, 0.2) is 24.4 Å². The Labute approximate surface area is 122 Å². The van der Waals surface area contributed by atoms with Gasteiger partial charge < -0.3 is 4.90 Å². The van der Waals surface area contributed by atoms with E-state index < -0.39 is 0 Å². The summed E-state index contributed by atoms with van der Waals surface area (Å²) in [6, 6.07) is 5.95. The van der Waals surface area contributed by atoms with E-state index in [1.807, 2.05) is 24.4 Å². The summed E-state index contributed by atoms with van der Waals surface area (Å²) >= 11 is 0. The molecule has 1 aromatic rings. The maximum atomic E-state index is 12.2. The van der Waals surface area contributed by atoms with E-state index in [1.165, 1.54) is 12.8 Å². The largest absolute Gasteiger partial charge is 0.342 e. The van der Waals surface area contributed by atoms with Gasteiger partial charge in [0.05, 0.1) is 0 Å². The second-order valence-electron chi connectivity index (χ2n) is 6.30.